The maximum Gasteiger partial charge on any atom is 0.272 e. The minimum absolute atomic E-state index is 0.0291. The summed E-state index contributed by atoms with van der Waals surface area (Å²) in [5.74, 6) is 0.0291. The van der Waals surface area contributed by atoms with Crippen molar-refractivity contribution in [2.24, 2.45) is 0 Å². The molecule has 0 spiro atoms. The zero-order valence-electron chi connectivity index (χ0n) is 12.0. The highest BCUT2D eigenvalue weighted by Crippen LogP contribution is 2.20. The van der Waals surface area contributed by atoms with Crippen LogP contribution >= 0.6 is 0 Å². The van der Waals surface area contributed by atoms with Gasteiger partial charge in [0.05, 0.1) is 24.7 Å². The third kappa shape index (κ3) is 3.99. The van der Waals surface area contributed by atoms with E-state index in [1.807, 2.05) is 6.07 Å². The van der Waals surface area contributed by atoms with Gasteiger partial charge in [-0.3, -0.25) is 14.9 Å². The molecule has 1 amide bonds. The molecule has 0 radical (unpaired) electrons. The molecule has 0 atom stereocenters. The molecule has 0 aliphatic carbocycles. The average molecular weight is 293 g/mol. The van der Waals surface area contributed by atoms with Gasteiger partial charge in [-0.1, -0.05) is 12.1 Å². The quantitative estimate of drug-likeness (QED) is 0.642. The smallest absolute Gasteiger partial charge is 0.272 e. The number of nitrogens with zero attached hydrogens (tertiary/aromatic N) is 2. The van der Waals surface area contributed by atoms with Gasteiger partial charge in [0.15, 0.2) is 0 Å². The maximum atomic E-state index is 11.9. The number of ether oxygens (including phenoxy) is 1. The second-order valence-corrected chi connectivity index (χ2v) is 4.92. The fourth-order valence-electron chi connectivity index (χ4n) is 2.29. The van der Waals surface area contributed by atoms with Gasteiger partial charge < -0.3 is 15.0 Å². The number of benzene rings is 1. The van der Waals surface area contributed by atoms with Crippen molar-refractivity contribution in [1.29, 1.82) is 0 Å². The van der Waals surface area contributed by atoms with Gasteiger partial charge >= 0.3 is 0 Å². The molecule has 0 unspecified atom stereocenters. The summed E-state index contributed by atoms with van der Waals surface area (Å²) in [6.07, 6.45) is 0. The predicted molar refractivity (Wildman–Crippen MR) is 76.9 cm³/mol. The van der Waals surface area contributed by atoms with Crippen LogP contribution in [0.2, 0.25) is 0 Å². The molecule has 1 aromatic rings. The first kappa shape index (κ1) is 15.4. The van der Waals surface area contributed by atoms with Crippen LogP contribution in [0.4, 0.5) is 5.69 Å². The van der Waals surface area contributed by atoms with Crippen LogP contribution in [0.5, 0.6) is 0 Å². The molecule has 1 N–H and O–H groups in total. The molecule has 2 rings (SSSR count). The van der Waals surface area contributed by atoms with Gasteiger partial charge in [-0.25, -0.2) is 0 Å². The van der Waals surface area contributed by atoms with Gasteiger partial charge in [0.1, 0.15) is 0 Å². The number of nitro benzene ring substituents is 1. The van der Waals surface area contributed by atoms with Crippen molar-refractivity contribution in [2.75, 3.05) is 32.8 Å². The first-order valence-corrected chi connectivity index (χ1v) is 6.88. The Morgan fingerprint density at radius 1 is 1.43 bits per heavy atom. The summed E-state index contributed by atoms with van der Waals surface area (Å²) in [4.78, 5) is 24.2. The summed E-state index contributed by atoms with van der Waals surface area (Å²) in [6, 6.07) is 4.97. The Labute approximate surface area is 123 Å². The molecule has 1 aliphatic heterocycles. The first-order valence-electron chi connectivity index (χ1n) is 6.88. The fraction of sp³-hybridized carbons (Fsp3) is 0.500. The van der Waals surface area contributed by atoms with Crippen molar-refractivity contribution in [1.82, 2.24) is 10.2 Å². The van der Waals surface area contributed by atoms with Crippen molar-refractivity contribution in [3.8, 4) is 0 Å². The van der Waals surface area contributed by atoms with Crippen LogP contribution < -0.4 is 5.32 Å². The zero-order valence-corrected chi connectivity index (χ0v) is 12.0. The average Bonchev–Trinajstić information content (AvgIpc) is 2.49. The van der Waals surface area contributed by atoms with E-state index in [-0.39, 0.29) is 18.1 Å². The third-order valence-corrected chi connectivity index (χ3v) is 3.57. The zero-order chi connectivity index (χ0) is 15.2. The largest absolute Gasteiger partial charge is 0.378 e. The Morgan fingerprint density at radius 2 is 2.14 bits per heavy atom. The van der Waals surface area contributed by atoms with Crippen molar-refractivity contribution >= 4 is 11.6 Å². The molecular formula is C14H19N3O4. The van der Waals surface area contributed by atoms with Crippen molar-refractivity contribution in [3.05, 3.63) is 39.4 Å². The molecule has 1 saturated heterocycles. The summed E-state index contributed by atoms with van der Waals surface area (Å²) >= 11 is 0. The Hall–Kier alpha value is -1.99. The van der Waals surface area contributed by atoms with E-state index < -0.39 is 4.92 Å². The molecule has 0 saturated carbocycles. The topological polar surface area (TPSA) is 84.7 Å². The van der Waals surface area contributed by atoms with Crippen LogP contribution in [0, 0.1) is 17.0 Å². The van der Waals surface area contributed by atoms with Crippen LogP contribution in [0.15, 0.2) is 18.2 Å². The van der Waals surface area contributed by atoms with E-state index in [1.165, 1.54) is 6.07 Å². The van der Waals surface area contributed by atoms with E-state index in [4.69, 9.17) is 4.74 Å². The SMILES string of the molecule is Cc1c(CNCC(=O)N2CCOCC2)cccc1[N+](=O)[O-]. The monoisotopic (exact) mass is 293 g/mol. The summed E-state index contributed by atoms with van der Waals surface area (Å²) < 4.78 is 5.20. The first-order chi connectivity index (χ1) is 10.1. The predicted octanol–water partition coefficient (Wildman–Crippen LogP) is 0.852. The van der Waals surface area contributed by atoms with Crippen LogP contribution in [-0.4, -0.2) is 48.6 Å². The molecule has 21 heavy (non-hydrogen) atoms. The molecular weight excluding hydrogens is 274 g/mol. The highest BCUT2D eigenvalue weighted by atomic mass is 16.6. The highest BCUT2D eigenvalue weighted by molar-refractivity contribution is 5.78. The van der Waals surface area contributed by atoms with Gasteiger partial charge in [0.2, 0.25) is 5.91 Å². The van der Waals surface area contributed by atoms with Gasteiger partial charge in [0, 0.05) is 31.3 Å². The molecule has 1 aliphatic rings. The number of rotatable bonds is 5. The lowest BCUT2D eigenvalue weighted by Gasteiger charge is -2.27. The summed E-state index contributed by atoms with van der Waals surface area (Å²) in [5.41, 5.74) is 1.57. The van der Waals surface area contributed by atoms with E-state index in [1.54, 1.807) is 17.9 Å². The van der Waals surface area contributed by atoms with Crippen molar-refractivity contribution < 1.29 is 14.5 Å². The number of hydrogen-bond acceptors (Lipinski definition) is 5. The summed E-state index contributed by atoms with van der Waals surface area (Å²) in [7, 11) is 0. The minimum atomic E-state index is -0.391. The maximum absolute atomic E-state index is 11.9. The van der Waals surface area contributed by atoms with E-state index in [2.05, 4.69) is 5.32 Å². The third-order valence-electron chi connectivity index (χ3n) is 3.57. The fourth-order valence-corrected chi connectivity index (χ4v) is 2.29. The molecule has 1 heterocycles. The number of amides is 1. The van der Waals surface area contributed by atoms with Gasteiger partial charge in [-0.05, 0) is 12.5 Å². The Bertz CT molecular complexity index is 527. The van der Waals surface area contributed by atoms with E-state index in [0.29, 0.717) is 38.4 Å². The molecule has 1 aromatic carbocycles. The van der Waals surface area contributed by atoms with Gasteiger partial charge in [-0.2, -0.15) is 0 Å². The molecule has 0 bridgehead atoms. The van der Waals surface area contributed by atoms with Crippen molar-refractivity contribution in [2.45, 2.75) is 13.5 Å². The Kier molecular flexibility index (Phi) is 5.24. The number of morpholine rings is 1. The molecule has 0 aromatic heterocycles. The standard InChI is InChI=1S/C14H19N3O4/c1-11-12(3-2-4-13(11)17(19)20)9-15-10-14(18)16-5-7-21-8-6-16/h2-4,15H,5-10H2,1H3. The van der Waals surface area contributed by atoms with E-state index >= 15 is 0 Å². The molecule has 114 valence electrons. The van der Waals surface area contributed by atoms with Crippen LogP contribution in [0.25, 0.3) is 0 Å². The van der Waals surface area contributed by atoms with E-state index in [0.717, 1.165) is 5.56 Å². The lowest BCUT2D eigenvalue weighted by atomic mass is 10.1. The van der Waals surface area contributed by atoms with Gasteiger partial charge in [0.25, 0.3) is 5.69 Å². The molecule has 1 fully saturated rings. The van der Waals surface area contributed by atoms with Crippen LogP contribution in [0.1, 0.15) is 11.1 Å². The second kappa shape index (κ2) is 7.14. The minimum Gasteiger partial charge on any atom is -0.378 e. The molecule has 7 nitrogen and oxygen atoms in total. The highest BCUT2D eigenvalue weighted by Gasteiger charge is 2.17. The van der Waals surface area contributed by atoms with Gasteiger partial charge in [-0.15, -0.1) is 0 Å². The molecule has 7 heteroatoms. The summed E-state index contributed by atoms with van der Waals surface area (Å²) in [6.45, 7) is 4.78. The Balaban J connectivity index is 1.87. The van der Waals surface area contributed by atoms with Crippen LogP contribution in [0.3, 0.4) is 0 Å². The van der Waals surface area contributed by atoms with Crippen LogP contribution in [-0.2, 0) is 16.1 Å². The number of nitrogens with one attached hydrogen (secondary N) is 1. The number of nitro groups is 1. The summed E-state index contributed by atoms with van der Waals surface area (Å²) in [5, 5.41) is 13.9. The Morgan fingerprint density at radius 3 is 2.81 bits per heavy atom. The normalized spacial score (nSPS) is 15.0. The number of hydrogen-bond donors (Lipinski definition) is 1. The lowest BCUT2D eigenvalue weighted by molar-refractivity contribution is -0.385. The second-order valence-electron chi connectivity index (χ2n) is 4.92. The lowest BCUT2D eigenvalue weighted by Crippen LogP contribution is -2.44. The number of carbonyl (C=O) groups is 1. The number of carbonyl (C=O) groups excluding carboxylic acids is 1. The van der Waals surface area contributed by atoms with E-state index in [9.17, 15) is 14.9 Å². The van der Waals surface area contributed by atoms with Crippen molar-refractivity contribution in [3.63, 3.8) is 0 Å².